The van der Waals surface area contributed by atoms with Crippen LogP contribution in [0.1, 0.15) is 68.2 Å². The van der Waals surface area contributed by atoms with Crippen molar-refractivity contribution < 1.29 is 80.8 Å². The zero-order valence-corrected chi connectivity index (χ0v) is 31.1. The number of alkyl halides is 6. The molecule has 0 aliphatic carbocycles. The van der Waals surface area contributed by atoms with Gasteiger partial charge in [-0.25, -0.2) is 9.59 Å². The largest absolute Gasteiger partial charge is 1.00 e. The molecule has 9 nitrogen and oxygen atoms in total. The molecule has 0 unspecified atom stereocenters. The molecule has 2 N–H and O–H groups in total. The van der Waals surface area contributed by atoms with E-state index in [0.29, 0.717) is 70.1 Å². The Hall–Kier alpha value is -4.70. The number of esters is 1. The van der Waals surface area contributed by atoms with Gasteiger partial charge in [0.2, 0.25) is 0 Å². The summed E-state index contributed by atoms with van der Waals surface area (Å²) in [5, 5.41) is 19.4. The van der Waals surface area contributed by atoms with Crippen molar-refractivity contribution in [3.63, 3.8) is 0 Å². The van der Waals surface area contributed by atoms with Crippen LogP contribution in [0.25, 0.3) is 21.8 Å². The number of carboxylic acid groups (broad SMARTS) is 1. The van der Waals surface area contributed by atoms with Gasteiger partial charge in [-0.3, -0.25) is 9.36 Å². The van der Waals surface area contributed by atoms with Crippen molar-refractivity contribution in [1.82, 2.24) is 19.6 Å². The van der Waals surface area contributed by atoms with Crippen molar-refractivity contribution in [2.75, 3.05) is 7.11 Å². The maximum Gasteiger partial charge on any atom is 1.00 e. The molecule has 274 valence electrons. The predicted molar refractivity (Wildman–Crippen MR) is 180 cm³/mol. The summed E-state index contributed by atoms with van der Waals surface area (Å²) in [5.41, 5.74) is 3.17. The number of rotatable bonds is 8. The van der Waals surface area contributed by atoms with E-state index in [9.17, 15) is 41.0 Å². The van der Waals surface area contributed by atoms with Crippen molar-refractivity contribution in [2.45, 2.75) is 52.1 Å². The van der Waals surface area contributed by atoms with E-state index in [1.165, 1.54) is 36.1 Å². The summed E-state index contributed by atoms with van der Waals surface area (Å²) in [4.78, 5) is 23.8. The standard InChI is InChI=1S/C19H17F3N2O2.C18H15F3N2O2.Na.H2O/c1-3-24-17(18(25)26-2)16-13(5-4-6-15(16)23-24)11-12-7-9-14(10-8-12)19(20,21)22;1-2-23-16(17(24)25)15-12(4-3-5-14(15)22-23)10-11-6-8-13(9-7-11)18(19,20)21;;/h4-10H,3,11H2,1-2H3;3-9H,2,10H2,1H3,(H,24,25);;1H2/q;;+1;/p-1. The van der Waals surface area contributed by atoms with Crippen LogP contribution in [0.5, 0.6) is 0 Å². The van der Waals surface area contributed by atoms with Crippen LogP contribution in [0, 0.1) is 0 Å². The van der Waals surface area contributed by atoms with Crippen LogP contribution in [0.15, 0.2) is 84.9 Å². The van der Waals surface area contributed by atoms with Gasteiger partial charge >= 0.3 is 53.8 Å². The molecule has 0 aliphatic rings. The summed E-state index contributed by atoms with van der Waals surface area (Å²) in [5.74, 6) is -1.57. The summed E-state index contributed by atoms with van der Waals surface area (Å²) in [6.07, 6.45) is -8.03. The number of benzene rings is 4. The van der Waals surface area contributed by atoms with Crippen LogP contribution < -0.4 is 29.6 Å². The molecule has 0 saturated heterocycles. The predicted octanol–water partition coefficient (Wildman–Crippen LogP) is 5.64. The van der Waals surface area contributed by atoms with Crippen molar-refractivity contribution in [2.24, 2.45) is 0 Å². The number of carbonyl (C=O) groups excluding carboxylic acids is 1. The van der Waals surface area contributed by atoms with Gasteiger partial charge in [-0.1, -0.05) is 48.5 Å². The quantitative estimate of drug-likeness (QED) is 0.121. The summed E-state index contributed by atoms with van der Waals surface area (Å²) < 4.78 is 84.0. The van der Waals surface area contributed by atoms with Crippen LogP contribution in [-0.2, 0) is 43.0 Å². The first-order chi connectivity index (χ1) is 24.2. The molecule has 0 bridgehead atoms. The van der Waals surface area contributed by atoms with Gasteiger partial charge in [0, 0.05) is 23.9 Å². The number of hydrogen-bond donors (Lipinski definition) is 1. The van der Waals surface area contributed by atoms with Gasteiger partial charge < -0.3 is 15.3 Å². The molecule has 16 heteroatoms. The number of hydrogen-bond acceptors (Lipinski definition) is 6. The fourth-order valence-electron chi connectivity index (χ4n) is 5.84. The number of fused-ring (bicyclic) bond motifs is 2. The molecule has 2 heterocycles. The second-order valence-corrected chi connectivity index (χ2v) is 11.5. The van der Waals surface area contributed by atoms with Gasteiger partial charge in [-0.2, -0.15) is 36.5 Å². The SMILES string of the molecule is CCn1nc2cccc(Cc3ccc(C(F)(F)F)cc3)c2c1C(=O)O.CCn1nc2cccc(Cc3ccc(C(F)(F)F)cc3)c2c1C(=O)OC.[Na+].[OH-]. The number of carbonyl (C=O) groups is 2. The number of ether oxygens (including phenoxy) is 1. The molecule has 2 aromatic heterocycles. The van der Waals surface area contributed by atoms with Gasteiger partial charge in [0.25, 0.3) is 0 Å². The zero-order chi connectivity index (χ0) is 37.1. The molecule has 0 amide bonds. The molecule has 0 saturated carbocycles. The molecule has 0 radical (unpaired) electrons. The van der Waals surface area contributed by atoms with Gasteiger partial charge in [0.05, 0.1) is 29.3 Å². The Morgan fingerprint density at radius 1 is 0.660 bits per heavy atom. The number of nitrogens with zero attached hydrogens (tertiary/aromatic N) is 4. The maximum atomic E-state index is 12.7. The van der Waals surface area contributed by atoms with E-state index < -0.39 is 35.4 Å². The molecule has 0 atom stereocenters. The second-order valence-electron chi connectivity index (χ2n) is 11.5. The van der Waals surface area contributed by atoms with E-state index in [0.717, 1.165) is 29.8 Å². The maximum absolute atomic E-state index is 12.7. The van der Waals surface area contributed by atoms with Gasteiger partial charge in [-0.05, 0) is 85.3 Å². The normalized spacial score (nSPS) is 11.3. The van der Waals surface area contributed by atoms with Crippen molar-refractivity contribution in [1.29, 1.82) is 0 Å². The van der Waals surface area contributed by atoms with Gasteiger partial charge in [-0.15, -0.1) is 0 Å². The third kappa shape index (κ3) is 9.46. The Balaban J connectivity index is 0.000000275. The van der Waals surface area contributed by atoms with Crippen LogP contribution in [-0.4, -0.2) is 49.2 Å². The third-order valence-electron chi connectivity index (χ3n) is 8.24. The summed E-state index contributed by atoms with van der Waals surface area (Å²) >= 11 is 0. The fourth-order valence-corrected chi connectivity index (χ4v) is 5.84. The number of aromatic nitrogens is 4. The molecule has 4 aromatic carbocycles. The molecular weight excluding hydrogens is 717 g/mol. The summed E-state index contributed by atoms with van der Waals surface area (Å²) in [6, 6.07) is 20.6. The Morgan fingerprint density at radius 2 is 1.04 bits per heavy atom. The second kappa shape index (κ2) is 17.4. The molecule has 6 rings (SSSR count). The first-order valence-electron chi connectivity index (χ1n) is 15.8. The average molecular weight is 751 g/mol. The minimum Gasteiger partial charge on any atom is -0.870 e. The van der Waals surface area contributed by atoms with Crippen molar-refractivity contribution in [3.8, 4) is 0 Å². The van der Waals surface area contributed by atoms with E-state index in [2.05, 4.69) is 10.2 Å². The minimum absolute atomic E-state index is 0. The number of halogens is 6. The fraction of sp³-hybridized carbons (Fsp3) is 0.243. The molecule has 6 aromatic rings. The monoisotopic (exact) mass is 750 g/mol. The van der Waals surface area contributed by atoms with Gasteiger partial charge in [0.15, 0.2) is 11.4 Å². The molecule has 0 spiro atoms. The van der Waals surface area contributed by atoms with Crippen LogP contribution in [0.4, 0.5) is 26.3 Å². The smallest absolute Gasteiger partial charge is 0.870 e. The van der Waals surface area contributed by atoms with E-state index in [4.69, 9.17) is 4.74 Å². The Labute approximate surface area is 321 Å². The topological polar surface area (TPSA) is 129 Å². The first kappa shape index (κ1) is 42.7. The molecule has 0 aliphatic heterocycles. The van der Waals surface area contributed by atoms with Crippen molar-refractivity contribution in [3.05, 3.63) is 130 Å². The summed E-state index contributed by atoms with van der Waals surface area (Å²) in [6.45, 7) is 4.58. The minimum atomic E-state index is -4.38. The first-order valence-corrected chi connectivity index (χ1v) is 15.8. The van der Waals surface area contributed by atoms with Crippen LogP contribution in [0.2, 0.25) is 0 Å². The van der Waals surface area contributed by atoms with E-state index in [-0.39, 0.29) is 40.7 Å². The van der Waals surface area contributed by atoms with Crippen molar-refractivity contribution >= 4 is 33.7 Å². The number of methoxy groups -OCH3 is 1. The Bertz CT molecular complexity index is 2200. The average Bonchev–Trinajstić information content (AvgIpc) is 3.68. The van der Waals surface area contributed by atoms with Crippen LogP contribution in [0.3, 0.4) is 0 Å². The molecular formula is C37H33F6N4NaO5. The number of aromatic carboxylic acids is 1. The van der Waals surface area contributed by atoms with E-state index in [1.54, 1.807) is 35.9 Å². The molecule has 0 fully saturated rings. The molecule has 53 heavy (non-hydrogen) atoms. The Morgan fingerprint density at radius 3 is 1.38 bits per heavy atom. The zero-order valence-electron chi connectivity index (χ0n) is 29.1. The van der Waals surface area contributed by atoms with Gasteiger partial charge in [0.1, 0.15) is 0 Å². The van der Waals surface area contributed by atoms with E-state index >= 15 is 0 Å². The summed E-state index contributed by atoms with van der Waals surface area (Å²) in [7, 11) is 1.31. The number of aryl methyl sites for hydroxylation is 2. The number of carboxylic acids is 1. The van der Waals surface area contributed by atoms with Crippen LogP contribution >= 0.6 is 0 Å². The third-order valence-corrected chi connectivity index (χ3v) is 8.24. The van der Waals surface area contributed by atoms with E-state index in [1.807, 2.05) is 19.1 Å². The Kier molecular flexibility index (Phi) is 14.0.